The SMILES string of the molecule is COc1cc(C)ccc1[Si]c1ccccc1. The van der Waals surface area contributed by atoms with Gasteiger partial charge in [0.25, 0.3) is 0 Å². The van der Waals surface area contributed by atoms with Gasteiger partial charge in [-0.25, -0.2) is 0 Å². The highest BCUT2D eigenvalue weighted by Gasteiger charge is 2.04. The van der Waals surface area contributed by atoms with Gasteiger partial charge in [0.15, 0.2) is 0 Å². The summed E-state index contributed by atoms with van der Waals surface area (Å²) >= 11 is 0. The van der Waals surface area contributed by atoms with Crippen LogP contribution in [0.4, 0.5) is 0 Å². The van der Waals surface area contributed by atoms with Gasteiger partial charge < -0.3 is 4.74 Å². The summed E-state index contributed by atoms with van der Waals surface area (Å²) in [5, 5.41) is 2.60. The molecule has 0 saturated carbocycles. The molecule has 0 aliphatic rings. The number of methoxy groups -OCH3 is 1. The fourth-order valence-electron chi connectivity index (χ4n) is 1.58. The molecule has 2 radical (unpaired) electrons. The van der Waals surface area contributed by atoms with Crippen LogP contribution in [0.5, 0.6) is 5.75 Å². The van der Waals surface area contributed by atoms with Crippen molar-refractivity contribution < 1.29 is 4.74 Å². The van der Waals surface area contributed by atoms with Gasteiger partial charge in [0.05, 0.1) is 7.11 Å². The predicted molar refractivity (Wildman–Crippen MR) is 69.2 cm³/mol. The van der Waals surface area contributed by atoms with Gasteiger partial charge in [0, 0.05) is 0 Å². The smallest absolute Gasteiger partial charge is 0.126 e. The minimum atomic E-state index is 0.654. The fraction of sp³-hybridized carbons (Fsp3) is 0.143. The van der Waals surface area contributed by atoms with Crippen molar-refractivity contribution >= 4 is 19.9 Å². The zero-order valence-corrected chi connectivity index (χ0v) is 10.5. The van der Waals surface area contributed by atoms with Crippen molar-refractivity contribution in [3.8, 4) is 5.75 Å². The summed E-state index contributed by atoms with van der Waals surface area (Å²) in [6, 6.07) is 16.9. The molecule has 0 heterocycles. The molecule has 0 N–H and O–H groups in total. The van der Waals surface area contributed by atoms with Crippen molar-refractivity contribution in [2.75, 3.05) is 7.11 Å². The Morgan fingerprint density at radius 1 is 1.00 bits per heavy atom. The fourth-order valence-corrected chi connectivity index (χ4v) is 2.71. The third-order valence-corrected chi connectivity index (χ3v) is 3.71. The lowest BCUT2D eigenvalue weighted by atomic mass is 10.2. The summed E-state index contributed by atoms with van der Waals surface area (Å²) in [6.45, 7) is 2.08. The molecule has 1 nitrogen and oxygen atoms in total. The summed E-state index contributed by atoms with van der Waals surface area (Å²) in [5.41, 5.74) is 1.23. The summed E-state index contributed by atoms with van der Waals surface area (Å²) in [6.07, 6.45) is 0. The third kappa shape index (κ3) is 2.52. The van der Waals surface area contributed by atoms with Crippen LogP contribution in [0.25, 0.3) is 0 Å². The monoisotopic (exact) mass is 226 g/mol. The minimum Gasteiger partial charge on any atom is -0.497 e. The van der Waals surface area contributed by atoms with Crippen molar-refractivity contribution in [3.63, 3.8) is 0 Å². The molecule has 0 fully saturated rings. The summed E-state index contributed by atoms with van der Waals surface area (Å²) in [7, 11) is 2.38. The van der Waals surface area contributed by atoms with Crippen LogP contribution in [0.1, 0.15) is 5.56 Å². The number of hydrogen-bond donors (Lipinski definition) is 0. The van der Waals surface area contributed by atoms with E-state index in [4.69, 9.17) is 4.74 Å². The molecule has 0 unspecified atom stereocenters. The highest BCUT2D eigenvalue weighted by molar-refractivity contribution is 6.68. The van der Waals surface area contributed by atoms with Crippen molar-refractivity contribution in [1.29, 1.82) is 0 Å². The molecule has 0 saturated heterocycles. The van der Waals surface area contributed by atoms with E-state index < -0.39 is 0 Å². The van der Waals surface area contributed by atoms with E-state index in [0.717, 1.165) is 5.75 Å². The predicted octanol–water partition coefficient (Wildman–Crippen LogP) is 1.66. The van der Waals surface area contributed by atoms with Gasteiger partial charge in [-0.05, 0) is 23.7 Å². The first-order valence-electron chi connectivity index (χ1n) is 5.26. The lowest BCUT2D eigenvalue weighted by Gasteiger charge is -2.08. The summed E-state index contributed by atoms with van der Waals surface area (Å²) < 4.78 is 5.41. The van der Waals surface area contributed by atoms with Crippen molar-refractivity contribution in [2.45, 2.75) is 6.92 Å². The van der Waals surface area contributed by atoms with Gasteiger partial charge in [-0.2, -0.15) is 0 Å². The molecular weight excluding hydrogens is 212 g/mol. The van der Waals surface area contributed by atoms with Crippen LogP contribution < -0.4 is 15.1 Å². The Balaban J connectivity index is 2.28. The molecule has 80 valence electrons. The van der Waals surface area contributed by atoms with E-state index in [1.165, 1.54) is 15.9 Å². The maximum atomic E-state index is 5.41. The largest absolute Gasteiger partial charge is 0.497 e. The number of hydrogen-bond acceptors (Lipinski definition) is 1. The second-order valence-electron chi connectivity index (χ2n) is 3.69. The molecule has 0 spiro atoms. The maximum Gasteiger partial charge on any atom is 0.126 e. The lowest BCUT2D eigenvalue weighted by Crippen LogP contribution is -2.28. The number of rotatable bonds is 3. The Kier molecular flexibility index (Phi) is 3.42. The van der Waals surface area contributed by atoms with Gasteiger partial charge in [0.2, 0.25) is 0 Å². The first-order chi connectivity index (χ1) is 7.79. The average molecular weight is 226 g/mol. The second-order valence-corrected chi connectivity index (χ2v) is 5.06. The van der Waals surface area contributed by atoms with E-state index in [-0.39, 0.29) is 0 Å². The van der Waals surface area contributed by atoms with E-state index in [1.54, 1.807) is 7.11 Å². The summed E-state index contributed by atoms with van der Waals surface area (Å²) in [5.74, 6) is 0.988. The molecule has 2 aromatic carbocycles. The van der Waals surface area contributed by atoms with Crippen LogP contribution >= 0.6 is 0 Å². The molecule has 16 heavy (non-hydrogen) atoms. The highest BCUT2D eigenvalue weighted by atomic mass is 28.2. The van der Waals surface area contributed by atoms with Gasteiger partial charge in [-0.3, -0.25) is 0 Å². The number of aryl methyl sites for hydroxylation is 1. The van der Waals surface area contributed by atoms with E-state index in [0.29, 0.717) is 9.52 Å². The van der Waals surface area contributed by atoms with E-state index >= 15 is 0 Å². The second kappa shape index (κ2) is 4.99. The first kappa shape index (κ1) is 11.0. The van der Waals surface area contributed by atoms with Gasteiger partial charge in [-0.15, -0.1) is 0 Å². The standard InChI is InChI=1S/C14H14OSi/c1-11-8-9-14(13(10-11)15-2)16-12-6-4-3-5-7-12/h3-10H,1-2H3. The molecule has 2 rings (SSSR count). The van der Waals surface area contributed by atoms with Crippen LogP contribution in [0.15, 0.2) is 48.5 Å². The average Bonchev–Trinajstić information content (AvgIpc) is 2.33. The van der Waals surface area contributed by atoms with Crippen LogP contribution in [0, 0.1) is 6.92 Å². The molecule has 0 amide bonds. The van der Waals surface area contributed by atoms with Crippen LogP contribution in [0.3, 0.4) is 0 Å². The molecule has 2 aromatic rings. The molecule has 0 aromatic heterocycles. The van der Waals surface area contributed by atoms with Crippen molar-refractivity contribution in [3.05, 3.63) is 54.1 Å². The molecule has 2 heteroatoms. The third-order valence-electron chi connectivity index (χ3n) is 2.41. The topological polar surface area (TPSA) is 9.23 Å². The quantitative estimate of drug-likeness (QED) is 0.723. The van der Waals surface area contributed by atoms with Crippen molar-refractivity contribution in [1.82, 2.24) is 0 Å². The molecule has 0 aliphatic carbocycles. The van der Waals surface area contributed by atoms with E-state index in [2.05, 4.69) is 49.4 Å². The molecule has 0 aliphatic heterocycles. The first-order valence-corrected chi connectivity index (χ1v) is 6.26. The van der Waals surface area contributed by atoms with Gasteiger partial charge in [-0.1, -0.05) is 47.7 Å². The lowest BCUT2D eigenvalue weighted by molar-refractivity contribution is 0.418. The van der Waals surface area contributed by atoms with E-state index in [9.17, 15) is 0 Å². The number of ether oxygens (including phenoxy) is 1. The van der Waals surface area contributed by atoms with Crippen LogP contribution in [0.2, 0.25) is 0 Å². The van der Waals surface area contributed by atoms with Gasteiger partial charge >= 0.3 is 0 Å². The molecule has 0 atom stereocenters. The summed E-state index contributed by atoms with van der Waals surface area (Å²) in [4.78, 5) is 0. The Morgan fingerprint density at radius 3 is 2.44 bits per heavy atom. The maximum absolute atomic E-state index is 5.41. The minimum absolute atomic E-state index is 0.654. The Morgan fingerprint density at radius 2 is 1.75 bits per heavy atom. The zero-order valence-electron chi connectivity index (χ0n) is 9.53. The molecule has 0 bridgehead atoms. The Bertz CT molecular complexity index is 465. The normalized spacial score (nSPS) is 10.1. The van der Waals surface area contributed by atoms with Crippen LogP contribution in [-0.2, 0) is 0 Å². The van der Waals surface area contributed by atoms with E-state index in [1.807, 2.05) is 6.07 Å². The van der Waals surface area contributed by atoms with Gasteiger partial charge in [0.1, 0.15) is 15.3 Å². The number of benzene rings is 2. The Labute approximate surface area is 98.9 Å². The van der Waals surface area contributed by atoms with Crippen molar-refractivity contribution in [2.24, 2.45) is 0 Å². The molecular formula is C14H14OSi. The Hall–Kier alpha value is -1.54. The highest BCUT2D eigenvalue weighted by Crippen LogP contribution is 2.08. The zero-order chi connectivity index (χ0) is 11.4. The van der Waals surface area contributed by atoms with Crippen LogP contribution in [-0.4, -0.2) is 16.6 Å².